The second-order valence-electron chi connectivity index (χ2n) is 6.42. The minimum absolute atomic E-state index is 0.488. The van der Waals surface area contributed by atoms with Crippen LogP contribution in [0.15, 0.2) is 30.3 Å². The van der Waals surface area contributed by atoms with Crippen LogP contribution < -0.4 is 5.32 Å². The molecule has 1 saturated heterocycles. The van der Waals surface area contributed by atoms with Crippen LogP contribution >= 0.6 is 0 Å². The molecule has 3 unspecified atom stereocenters. The summed E-state index contributed by atoms with van der Waals surface area (Å²) in [6.45, 7) is 5.74. The van der Waals surface area contributed by atoms with Crippen molar-refractivity contribution in [3.8, 4) is 0 Å². The largest absolute Gasteiger partial charge is 0.309 e. The van der Waals surface area contributed by atoms with Crippen LogP contribution in [0.5, 0.6) is 0 Å². The molecule has 3 atom stereocenters. The van der Waals surface area contributed by atoms with E-state index in [2.05, 4.69) is 47.5 Å². The third kappa shape index (κ3) is 3.07. The Hall–Kier alpha value is -0.860. The lowest BCUT2D eigenvalue weighted by molar-refractivity contribution is 0.167. The summed E-state index contributed by atoms with van der Waals surface area (Å²) < 4.78 is 0. The van der Waals surface area contributed by atoms with Gasteiger partial charge in [0.2, 0.25) is 0 Å². The van der Waals surface area contributed by atoms with Crippen molar-refractivity contribution < 1.29 is 0 Å². The Morgan fingerprint density at radius 2 is 1.95 bits per heavy atom. The molecule has 0 radical (unpaired) electrons. The first kappa shape index (κ1) is 14.1. The number of likely N-dealkylation sites (N-methyl/N-ethyl adjacent to an activating group) is 1. The molecule has 1 N–H and O–H groups in total. The summed E-state index contributed by atoms with van der Waals surface area (Å²) in [4.78, 5) is 2.77. The second-order valence-corrected chi connectivity index (χ2v) is 6.42. The molecule has 1 aliphatic heterocycles. The molecule has 20 heavy (non-hydrogen) atoms. The lowest BCUT2D eigenvalue weighted by atomic mass is 9.85. The molecular formula is C18H28N2. The van der Waals surface area contributed by atoms with Gasteiger partial charge in [-0.3, -0.25) is 4.90 Å². The van der Waals surface area contributed by atoms with Crippen molar-refractivity contribution in [1.29, 1.82) is 0 Å². The first-order valence-electron chi connectivity index (χ1n) is 8.41. The molecule has 2 aliphatic rings. The lowest BCUT2D eigenvalue weighted by Crippen LogP contribution is -2.40. The summed E-state index contributed by atoms with van der Waals surface area (Å²) in [5, 5.41) is 3.68. The fourth-order valence-electron chi connectivity index (χ4n) is 4.18. The van der Waals surface area contributed by atoms with Gasteiger partial charge in [0.25, 0.3) is 0 Å². The van der Waals surface area contributed by atoms with Crippen LogP contribution in [-0.4, -0.2) is 30.6 Å². The van der Waals surface area contributed by atoms with Gasteiger partial charge >= 0.3 is 0 Å². The zero-order valence-electron chi connectivity index (χ0n) is 12.7. The van der Waals surface area contributed by atoms with E-state index >= 15 is 0 Å². The minimum Gasteiger partial charge on any atom is -0.309 e. The lowest BCUT2D eigenvalue weighted by Gasteiger charge is -2.34. The zero-order chi connectivity index (χ0) is 13.8. The highest BCUT2D eigenvalue weighted by Crippen LogP contribution is 2.36. The number of likely N-dealkylation sites (tertiary alicyclic amines) is 1. The van der Waals surface area contributed by atoms with Gasteiger partial charge in [0.1, 0.15) is 0 Å². The van der Waals surface area contributed by atoms with Gasteiger partial charge in [0, 0.05) is 18.6 Å². The molecule has 2 nitrogen and oxygen atoms in total. The molecular weight excluding hydrogens is 244 g/mol. The highest BCUT2D eigenvalue weighted by Gasteiger charge is 2.36. The molecule has 1 heterocycles. The number of benzene rings is 1. The van der Waals surface area contributed by atoms with Crippen LogP contribution in [-0.2, 0) is 0 Å². The van der Waals surface area contributed by atoms with Crippen LogP contribution in [0, 0.1) is 5.92 Å². The molecule has 2 heteroatoms. The Balaban J connectivity index is 1.67. The average molecular weight is 272 g/mol. The molecule has 0 bridgehead atoms. The van der Waals surface area contributed by atoms with Crippen molar-refractivity contribution in [2.24, 2.45) is 5.92 Å². The number of nitrogens with one attached hydrogen (secondary N) is 1. The van der Waals surface area contributed by atoms with Crippen molar-refractivity contribution in [1.82, 2.24) is 10.2 Å². The topological polar surface area (TPSA) is 15.3 Å². The molecule has 110 valence electrons. The van der Waals surface area contributed by atoms with E-state index < -0.39 is 0 Å². The number of rotatable bonds is 5. The van der Waals surface area contributed by atoms with Gasteiger partial charge in [0.15, 0.2) is 0 Å². The summed E-state index contributed by atoms with van der Waals surface area (Å²) >= 11 is 0. The summed E-state index contributed by atoms with van der Waals surface area (Å²) in [6, 6.07) is 12.3. The fraction of sp³-hybridized carbons (Fsp3) is 0.667. The van der Waals surface area contributed by atoms with Crippen molar-refractivity contribution in [3.63, 3.8) is 0 Å². The Bertz CT molecular complexity index is 403. The van der Waals surface area contributed by atoms with Crippen LogP contribution in [0.2, 0.25) is 0 Å². The van der Waals surface area contributed by atoms with Crippen LogP contribution in [0.4, 0.5) is 0 Å². The van der Waals surface area contributed by atoms with E-state index in [1.54, 1.807) is 0 Å². The highest BCUT2D eigenvalue weighted by molar-refractivity contribution is 5.19. The van der Waals surface area contributed by atoms with E-state index in [4.69, 9.17) is 0 Å². The maximum absolute atomic E-state index is 3.68. The number of hydrogen-bond donors (Lipinski definition) is 1. The monoisotopic (exact) mass is 272 g/mol. The molecule has 3 rings (SSSR count). The van der Waals surface area contributed by atoms with Gasteiger partial charge in [-0.15, -0.1) is 0 Å². The maximum Gasteiger partial charge on any atom is 0.0449 e. The summed E-state index contributed by atoms with van der Waals surface area (Å²) in [5.41, 5.74) is 1.44. The summed E-state index contributed by atoms with van der Waals surface area (Å²) in [6.07, 6.45) is 7.23. The van der Waals surface area contributed by atoms with Crippen molar-refractivity contribution >= 4 is 0 Å². The van der Waals surface area contributed by atoms with E-state index in [9.17, 15) is 0 Å². The summed E-state index contributed by atoms with van der Waals surface area (Å²) in [5.74, 6) is 0.988. The van der Waals surface area contributed by atoms with Gasteiger partial charge < -0.3 is 5.32 Å². The Kier molecular flexibility index (Phi) is 4.74. The summed E-state index contributed by atoms with van der Waals surface area (Å²) in [7, 11) is 0. The van der Waals surface area contributed by atoms with E-state index in [1.165, 1.54) is 50.8 Å². The van der Waals surface area contributed by atoms with E-state index in [-0.39, 0.29) is 0 Å². The number of hydrogen-bond acceptors (Lipinski definition) is 2. The standard InChI is InChI=1S/C18H28N2/c1-2-19-17(15-8-4-3-5-9-15)14-20-13-12-16-10-6-7-11-18(16)20/h3-5,8-9,16-19H,2,6-7,10-14H2,1H3. The van der Waals surface area contributed by atoms with Gasteiger partial charge in [-0.2, -0.15) is 0 Å². The zero-order valence-corrected chi connectivity index (χ0v) is 12.7. The Morgan fingerprint density at radius 1 is 1.15 bits per heavy atom. The molecule has 1 aromatic rings. The first-order valence-corrected chi connectivity index (χ1v) is 8.41. The quantitative estimate of drug-likeness (QED) is 0.881. The fourth-order valence-corrected chi connectivity index (χ4v) is 4.18. The first-order chi connectivity index (χ1) is 9.88. The third-order valence-electron chi connectivity index (χ3n) is 5.19. The molecule has 0 amide bonds. The van der Waals surface area contributed by atoms with Crippen molar-refractivity contribution in [2.45, 2.75) is 51.1 Å². The van der Waals surface area contributed by atoms with Crippen LogP contribution in [0.25, 0.3) is 0 Å². The van der Waals surface area contributed by atoms with Gasteiger partial charge in [-0.1, -0.05) is 50.1 Å². The highest BCUT2D eigenvalue weighted by atomic mass is 15.2. The average Bonchev–Trinajstić information content (AvgIpc) is 2.91. The predicted octanol–water partition coefficient (Wildman–Crippen LogP) is 3.60. The molecule has 1 aliphatic carbocycles. The SMILES string of the molecule is CCNC(CN1CCC2CCCCC21)c1ccccc1. The number of nitrogens with zero attached hydrogens (tertiary/aromatic N) is 1. The smallest absolute Gasteiger partial charge is 0.0449 e. The van der Waals surface area contributed by atoms with Gasteiger partial charge in [0.05, 0.1) is 0 Å². The van der Waals surface area contributed by atoms with Crippen molar-refractivity contribution in [2.75, 3.05) is 19.6 Å². The minimum atomic E-state index is 0.488. The maximum atomic E-state index is 3.68. The Labute approximate surface area is 123 Å². The molecule has 2 fully saturated rings. The van der Waals surface area contributed by atoms with E-state index in [0.29, 0.717) is 6.04 Å². The molecule has 1 aromatic carbocycles. The van der Waals surface area contributed by atoms with Crippen LogP contribution in [0.3, 0.4) is 0 Å². The van der Waals surface area contributed by atoms with Gasteiger partial charge in [-0.25, -0.2) is 0 Å². The molecule has 0 aromatic heterocycles. The third-order valence-corrected chi connectivity index (χ3v) is 5.19. The number of fused-ring (bicyclic) bond motifs is 1. The van der Waals surface area contributed by atoms with Gasteiger partial charge in [-0.05, 0) is 43.8 Å². The predicted molar refractivity (Wildman–Crippen MR) is 84.8 cm³/mol. The molecule has 0 spiro atoms. The van der Waals surface area contributed by atoms with Crippen LogP contribution in [0.1, 0.15) is 50.6 Å². The van der Waals surface area contributed by atoms with E-state index in [1.807, 2.05) is 0 Å². The molecule has 1 saturated carbocycles. The normalized spacial score (nSPS) is 28.2. The second kappa shape index (κ2) is 6.73. The van der Waals surface area contributed by atoms with Crippen molar-refractivity contribution in [3.05, 3.63) is 35.9 Å². The van der Waals surface area contributed by atoms with E-state index in [0.717, 1.165) is 18.5 Å². The Morgan fingerprint density at radius 3 is 2.75 bits per heavy atom.